The smallest absolute Gasteiger partial charge is 0.270 e. The number of benzene rings is 2. The lowest BCUT2D eigenvalue weighted by Crippen LogP contribution is -2.20. The molecule has 2 aromatic rings. The van der Waals surface area contributed by atoms with Gasteiger partial charge in [-0.1, -0.05) is 23.7 Å². The molecule has 120 valence electrons. The third-order valence-electron chi connectivity index (χ3n) is 3.30. The summed E-state index contributed by atoms with van der Waals surface area (Å²) in [5.74, 6) is -0.376. The van der Waals surface area contributed by atoms with E-state index in [2.05, 4.69) is 10.6 Å². The summed E-state index contributed by atoms with van der Waals surface area (Å²) < 4.78 is 0. The minimum atomic E-state index is -0.526. The van der Waals surface area contributed by atoms with Gasteiger partial charge < -0.3 is 10.6 Å². The van der Waals surface area contributed by atoms with Crippen LogP contribution in [0, 0.1) is 10.1 Å². The van der Waals surface area contributed by atoms with Gasteiger partial charge in [0, 0.05) is 36.4 Å². The van der Waals surface area contributed by atoms with Crippen LogP contribution in [0.1, 0.15) is 15.9 Å². The first kappa shape index (κ1) is 16.8. The van der Waals surface area contributed by atoms with E-state index in [9.17, 15) is 14.9 Å². The number of amides is 1. The molecule has 0 bridgehead atoms. The molecule has 0 spiro atoms. The zero-order valence-corrected chi connectivity index (χ0v) is 13.3. The van der Waals surface area contributed by atoms with Crippen LogP contribution in [0.3, 0.4) is 0 Å². The second-order valence-electron chi connectivity index (χ2n) is 4.87. The quantitative estimate of drug-likeness (QED) is 0.627. The fraction of sp³-hybridized carbons (Fsp3) is 0.188. The van der Waals surface area contributed by atoms with Crippen molar-refractivity contribution in [2.45, 2.75) is 6.42 Å². The van der Waals surface area contributed by atoms with Crippen molar-refractivity contribution in [2.75, 3.05) is 18.9 Å². The lowest BCUT2D eigenvalue weighted by Gasteiger charge is -2.11. The fourth-order valence-electron chi connectivity index (χ4n) is 2.16. The SMILES string of the molecule is CNC(=O)c1cc([N+](=O)[O-])ccc1NCCc1cccc(Cl)c1. The van der Waals surface area contributed by atoms with E-state index in [1.807, 2.05) is 18.2 Å². The first-order valence-corrected chi connectivity index (χ1v) is 7.38. The Morgan fingerprint density at radius 2 is 2.04 bits per heavy atom. The predicted molar refractivity (Wildman–Crippen MR) is 90.1 cm³/mol. The van der Waals surface area contributed by atoms with Crippen LogP contribution in [0.5, 0.6) is 0 Å². The van der Waals surface area contributed by atoms with Gasteiger partial charge in [-0.2, -0.15) is 0 Å². The molecular formula is C16H16ClN3O3. The van der Waals surface area contributed by atoms with Gasteiger partial charge in [0.15, 0.2) is 0 Å². The summed E-state index contributed by atoms with van der Waals surface area (Å²) >= 11 is 5.94. The third kappa shape index (κ3) is 4.43. The number of anilines is 1. The first-order chi connectivity index (χ1) is 11.0. The van der Waals surface area contributed by atoms with Gasteiger partial charge in [-0.3, -0.25) is 14.9 Å². The first-order valence-electron chi connectivity index (χ1n) is 7.00. The zero-order valence-electron chi connectivity index (χ0n) is 12.5. The van der Waals surface area contributed by atoms with Crippen molar-refractivity contribution in [1.29, 1.82) is 0 Å². The summed E-state index contributed by atoms with van der Waals surface area (Å²) in [6.07, 6.45) is 0.713. The lowest BCUT2D eigenvalue weighted by molar-refractivity contribution is -0.384. The number of hydrogen-bond donors (Lipinski definition) is 2. The predicted octanol–water partition coefficient (Wildman–Crippen LogP) is 3.26. The maximum absolute atomic E-state index is 11.9. The second kappa shape index (κ2) is 7.60. The molecule has 0 unspecified atom stereocenters. The van der Waals surface area contributed by atoms with Crippen molar-refractivity contribution in [2.24, 2.45) is 0 Å². The molecule has 23 heavy (non-hydrogen) atoms. The number of carbonyl (C=O) groups is 1. The van der Waals surface area contributed by atoms with Crippen LogP contribution < -0.4 is 10.6 Å². The Balaban J connectivity index is 2.12. The Labute approximate surface area is 138 Å². The van der Waals surface area contributed by atoms with E-state index in [4.69, 9.17) is 11.6 Å². The minimum Gasteiger partial charge on any atom is -0.384 e. The van der Waals surface area contributed by atoms with E-state index in [-0.39, 0.29) is 17.2 Å². The largest absolute Gasteiger partial charge is 0.384 e. The fourth-order valence-corrected chi connectivity index (χ4v) is 2.37. The molecule has 2 rings (SSSR count). The molecule has 0 radical (unpaired) electrons. The molecule has 0 atom stereocenters. The van der Waals surface area contributed by atoms with Crippen LogP contribution in [0.2, 0.25) is 5.02 Å². The van der Waals surface area contributed by atoms with Crippen molar-refractivity contribution in [3.8, 4) is 0 Å². The Morgan fingerprint density at radius 1 is 1.26 bits per heavy atom. The van der Waals surface area contributed by atoms with Crippen molar-refractivity contribution in [3.05, 3.63) is 68.7 Å². The van der Waals surface area contributed by atoms with Gasteiger partial charge in [-0.05, 0) is 30.2 Å². The van der Waals surface area contributed by atoms with Gasteiger partial charge in [0.1, 0.15) is 0 Å². The number of nitro benzene ring substituents is 1. The number of nitro groups is 1. The van der Waals surface area contributed by atoms with Crippen molar-refractivity contribution in [1.82, 2.24) is 5.32 Å². The molecule has 0 saturated heterocycles. The van der Waals surface area contributed by atoms with Gasteiger partial charge in [0.2, 0.25) is 0 Å². The van der Waals surface area contributed by atoms with Gasteiger partial charge in [0.25, 0.3) is 11.6 Å². The van der Waals surface area contributed by atoms with Crippen LogP contribution in [0.15, 0.2) is 42.5 Å². The number of non-ortho nitro benzene ring substituents is 1. The summed E-state index contributed by atoms with van der Waals surface area (Å²) in [6.45, 7) is 0.572. The Bertz CT molecular complexity index is 734. The standard InChI is InChI=1S/C16H16ClN3O3/c1-18-16(21)14-10-13(20(22)23)5-6-15(14)19-8-7-11-3-2-4-12(17)9-11/h2-6,9-10,19H,7-8H2,1H3,(H,18,21). The summed E-state index contributed by atoms with van der Waals surface area (Å²) in [7, 11) is 1.48. The molecule has 0 saturated carbocycles. The van der Waals surface area contributed by atoms with Gasteiger partial charge in [-0.15, -0.1) is 0 Å². The van der Waals surface area contributed by atoms with Crippen LogP contribution in [0.4, 0.5) is 11.4 Å². The summed E-state index contributed by atoms with van der Waals surface area (Å²) in [4.78, 5) is 22.2. The van der Waals surface area contributed by atoms with Crippen LogP contribution >= 0.6 is 11.6 Å². The Hall–Kier alpha value is -2.60. The van der Waals surface area contributed by atoms with E-state index < -0.39 is 4.92 Å². The summed E-state index contributed by atoms with van der Waals surface area (Å²) in [5, 5.41) is 17.1. The molecule has 0 aliphatic heterocycles. The number of nitrogens with zero attached hydrogens (tertiary/aromatic N) is 1. The second-order valence-corrected chi connectivity index (χ2v) is 5.31. The van der Waals surface area contributed by atoms with E-state index in [1.165, 1.54) is 19.2 Å². The number of halogens is 1. The average Bonchev–Trinajstić information content (AvgIpc) is 2.54. The average molecular weight is 334 g/mol. The number of carbonyl (C=O) groups excluding carboxylic acids is 1. The number of hydrogen-bond acceptors (Lipinski definition) is 4. The molecule has 2 N–H and O–H groups in total. The highest BCUT2D eigenvalue weighted by molar-refractivity contribution is 6.30. The number of nitrogens with one attached hydrogen (secondary N) is 2. The highest BCUT2D eigenvalue weighted by Crippen LogP contribution is 2.22. The number of rotatable bonds is 6. The Kier molecular flexibility index (Phi) is 5.54. The highest BCUT2D eigenvalue weighted by Gasteiger charge is 2.15. The topological polar surface area (TPSA) is 84.3 Å². The van der Waals surface area contributed by atoms with Crippen LogP contribution in [-0.2, 0) is 6.42 Å². The molecule has 0 aromatic heterocycles. The molecule has 6 nitrogen and oxygen atoms in total. The molecular weight excluding hydrogens is 318 g/mol. The third-order valence-corrected chi connectivity index (χ3v) is 3.54. The molecule has 0 aliphatic rings. The van der Waals surface area contributed by atoms with Gasteiger partial charge in [-0.25, -0.2) is 0 Å². The molecule has 0 aliphatic carbocycles. The van der Waals surface area contributed by atoms with Gasteiger partial charge in [0.05, 0.1) is 10.5 Å². The van der Waals surface area contributed by atoms with E-state index >= 15 is 0 Å². The van der Waals surface area contributed by atoms with Crippen LogP contribution in [-0.4, -0.2) is 24.4 Å². The minimum absolute atomic E-state index is 0.121. The maximum atomic E-state index is 11.9. The summed E-state index contributed by atoms with van der Waals surface area (Å²) in [5.41, 5.74) is 1.74. The highest BCUT2D eigenvalue weighted by atomic mass is 35.5. The van der Waals surface area contributed by atoms with E-state index in [0.29, 0.717) is 23.7 Å². The molecule has 7 heteroatoms. The van der Waals surface area contributed by atoms with Gasteiger partial charge >= 0.3 is 0 Å². The molecule has 0 fully saturated rings. The van der Waals surface area contributed by atoms with Crippen molar-refractivity contribution in [3.63, 3.8) is 0 Å². The summed E-state index contributed by atoms with van der Waals surface area (Å²) in [6, 6.07) is 11.7. The zero-order chi connectivity index (χ0) is 16.8. The lowest BCUT2D eigenvalue weighted by atomic mass is 10.1. The van der Waals surface area contributed by atoms with Crippen molar-refractivity contribution < 1.29 is 9.72 Å². The molecule has 0 heterocycles. The maximum Gasteiger partial charge on any atom is 0.270 e. The monoisotopic (exact) mass is 333 g/mol. The normalized spacial score (nSPS) is 10.2. The molecule has 1 amide bonds. The van der Waals surface area contributed by atoms with E-state index in [1.54, 1.807) is 12.1 Å². The molecule has 2 aromatic carbocycles. The van der Waals surface area contributed by atoms with Crippen LogP contribution in [0.25, 0.3) is 0 Å². The Morgan fingerprint density at radius 3 is 2.70 bits per heavy atom. The van der Waals surface area contributed by atoms with Crippen molar-refractivity contribution >= 4 is 28.9 Å². The van der Waals surface area contributed by atoms with E-state index in [0.717, 1.165) is 5.56 Å².